The fourth-order valence-electron chi connectivity index (χ4n) is 5.07. The highest BCUT2D eigenvalue weighted by atomic mass is 32.1. The molecule has 6 nitrogen and oxygen atoms in total. The number of hydrogen-bond acceptors (Lipinski definition) is 6. The van der Waals surface area contributed by atoms with Gasteiger partial charge in [0.1, 0.15) is 17.4 Å². The quantitative estimate of drug-likeness (QED) is 0.343. The van der Waals surface area contributed by atoms with E-state index >= 15 is 0 Å². The van der Waals surface area contributed by atoms with Gasteiger partial charge in [0.25, 0.3) is 0 Å². The molecule has 1 aromatic heterocycles. The van der Waals surface area contributed by atoms with Crippen LogP contribution in [0.1, 0.15) is 61.2 Å². The Labute approximate surface area is 217 Å². The van der Waals surface area contributed by atoms with E-state index in [9.17, 15) is 4.79 Å². The van der Waals surface area contributed by atoms with Crippen molar-refractivity contribution in [2.24, 2.45) is 0 Å². The second-order valence-electron chi connectivity index (χ2n) is 9.73. The Balaban J connectivity index is 1.14. The highest BCUT2D eigenvalue weighted by Gasteiger charge is 2.27. The Morgan fingerprint density at radius 2 is 1.94 bits per heavy atom. The first-order valence-electron chi connectivity index (χ1n) is 13.1. The number of nitrogens with one attached hydrogen (secondary N) is 1. The van der Waals surface area contributed by atoms with Gasteiger partial charge in [-0.15, -0.1) is 11.3 Å². The second-order valence-corrected chi connectivity index (χ2v) is 10.8. The molecule has 2 aliphatic rings. The van der Waals surface area contributed by atoms with Gasteiger partial charge in [-0.1, -0.05) is 30.3 Å². The lowest BCUT2D eigenvalue weighted by atomic mass is 9.98. The normalized spacial score (nSPS) is 19.6. The van der Waals surface area contributed by atoms with Gasteiger partial charge in [-0.05, 0) is 81.8 Å². The van der Waals surface area contributed by atoms with Gasteiger partial charge >= 0.3 is 6.09 Å². The van der Waals surface area contributed by atoms with Crippen molar-refractivity contribution in [3.05, 3.63) is 70.7 Å². The number of likely N-dealkylation sites (tertiary alicyclic amines) is 1. The molecule has 1 fully saturated rings. The van der Waals surface area contributed by atoms with Crippen LogP contribution in [0.4, 0.5) is 4.79 Å². The average molecular weight is 506 g/mol. The van der Waals surface area contributed by atoms with Crippen LogP contribution < -0.4 is 10.1 Å². The third-order valence-corrected chi connectivity index (χ3v) is 8.29. The maximum atomic E-state index is 12.4. The molecule has 1 aliphatic carbocycles. The fraction of sp³-hybridized carbons (Fsp3) is 0.448. The SMILES string of the molecule is CC1CCCN1CCCOc1ccc(-c2nc3c(s2)CCCC3NC(=O)OCc2ccccc2)cc1. The number of hydrogen-bond donors (Lipinski definition) is 1. The maximum absolute atomic E-state index is 12.4. The average Bonchev–Trinajstić information content (AvgIpc) is 3.53. The van der Waals surface area contributed by atoms with E-state index in [-0.39, 0.29) is 12.6 Å². The van der Waals surface area contributed by atoms with E-state index < -0.39 is 6.09 Å². The van der Waals surface area contributed by atoms with Crippen LogP contribution in [0.2, 0.25) is 0 Å². The zero-order chi connectivity index (χ0) is 24.7. The molecule has 2 heterocycles. The number of nitrogens with zero attached hydrogens (tertiary/aromatic N) is 2. The molecule has 2 atom stereocenters. The number of alkyl carbamates (subject to hydrolysis) is 1. The van der Waals surface area contributed by atoms with E-state index in [1.54, 1.807) is 11.3 Å². The summed E-state index contributed by atoms with van der Waals surface area (Å²) < 4.78 is 11.4. The van der Waals surface area contributed by atoms with E-state index in [1.807, 2.05) is 42.5 Å². The summed E-state index contributed by atoms with van der Waals surface area (Å²) in [6.45, 7) is 5.65. The van der Waals surface area contributed by atoms with Gasteiger partial charge in [0, 0.05) is 23.0 Å². The molecule has 7 heteroatoms. The van der Waals surface area contributed by atoms with E-state index in [0.29, 0.717) is 6.04 Å². The van der Waals surface area contributed by atoms with Crippen LogP contribution in [0.25, 0.3) is 10.6 Å². The summed E-state index contributed by atoms with van der Waals surface area (Å²) in [7, 11) is 0. The monoisotopic (exact) mass is 505 g/mol. The Morgan fingerprint density at radius 1 is 1.11 bits per heavy atom. The lowest BCUT2D eigenvalue weighted by Crippen LogP contribution is -2.31. The molecule has 1 N–H and O–H groups in total. The predicted octanol–water partition coefficient (Wildman–Crippen LogP) is 6.37. The number of thiazole rings is 1. The van der Waals surface area contributed by atoms with Crippen molar-refractivity contribution in [3.63, 3.8) is 0 Å². The molecule has 1 aliphatic heterocycles. The van der Waals surface area contributed by atoms with E-state index in [4.69, 9.17) is 14.5 Å². The highest BCUT2D eigenvalue weighted by molar-refractivity contribution is 7.15. The molecular weight excluding hydrogens is 470 g/mol. The largest absolute Gasteiger partial charge is 0.494 e. The number of benzene rings is 2. The number of fused-ring (bicyclic) bond motifs is 1. The van der Waals surface area contributed by atoms with Crippen LogP contribution in [-0.4, -0.2) is 41.7 Å². The van der Waals surface area contributed by atoms with Gasteiger partial charge in [-0.25, -0.2) is 9.78 Å². The lowest BCUT2D eigenvalue weighted by molar-refractivity contribution is 0.134. The number of aromatic nitrogens is 1. The summed E-state index contributed by atoms with van der Waals surface area (Å²) >= 11 is 1.72. The molecular formula is C29H35N3O3S. The molecule has 0 bridgehead atoms. The molecule has 0 saturated carbocycles. The topological polar surface area (TPSA) is 63.7 Å². The number of aryl methyl sites for hydroxylation is 1. The summed E-state index contributed by atoms with van der Waals surface area (Å²) in [5.41, 5.74) is 3.04. The number of amides is 1. The van der Waals surface area contributed by atoms with Crippen LogP contribution in [0.5, 0.6) is 5.75 Å². The van der Waals surface area contributed by atoms with Crippen LogP contribution in [0.3, 0.4) is 0 Å². The van der Waals surface area contributed by atoms with Crippen molar-refractivity contribution in [1.29, 1.82) is 0 Å². The first-order valence-corrected chi connectivity index (χ1v) is 13.9. The third-order valence-electron chi connectivity index (χ3n) is 7.11. The maximum Gasteiger partial charge on any atom is 0.408 e. The molecule has 36 heavy (non-hydrogen) atoms. The molecule has 1 amide bonds. The highest BCUT2D eigenvalue weighted by Crippen LogP contribution is 2.37. The minimum Gasteiger partial charge on any atom is -0.494 e. The van der Waals surface area contributed by atoms with Crippen molar-refractivity contribution in [2.75, 3.05) is 19.7 Å². The van der Waals surface area contributed by atoms with E-state index in [2.05, 4.69) is 29.3 Å². The number of ether oxygens (including phenoxy) is 2. The summed E-state index contributed by atoms with van der Waals surface area (Å²) in [5, 5.41) is 4.02. The number of rotatable bonds is 9. The van der Waals surface area contributed by atoms with Crippen LogP contribution in [-0.2, 0) is 17.8 Å². The van der Waals surface area contributed by atoms with Gasteiger partial charge in [-0.3, -0.25) is 0 Å². The van der Waals surface area contributed by atoms with Crippen LogP contribution in [0, 0.1) is 0 Å². The second kappa shape index (κ2) is 11.9. The summed E-state index contributed by atoms with van der Waals surface area (Å²) in [4.78, 5) is 21.2. The standard InChI is InChI=1S/C29H35N3O3S/c1-21-8-6-17-32(21)18-7-19-34-24-15-13-23(14-16-24)28-31-27-25(11-5-12-26(27)36-28)30-29(33)35-20-22-9-3-2-4-10-22/h2-4,9-10,13-16,21,25H,5-8,11-12,17-20H2,1H3,(H,30,33). The molecule has 1 saturated heterocycles. The summed E-state index contributed by atoms with van der Waals surface area (Å²) in [6, 6.07) is 18.6. The Morgan fingerprint density at radius 3 is 2.72 bits per heavy atom. The van der Waals surface area contributed by atoms with Crippen molar-refractivity contribution in [2.45, 2.75) is 64.1 Å². The zero-order valence-corrected chi connectivity index (χ0v) is 21.8. The van der Waals surface area contributed by atoms with Crippen molar-refractivity contribution in [1.82, 2.24) is 15.2 Å². The fourth-order valence-corrected chi connectivity index (χ4v) is 6.24. The smallest absolute Gasteiger partial charge is 0.408 e. The number of carbonyl (C=O) groups is 1. The molecule has 2 unspecified atom stereocenters. The van der Waals surface area contributed by atoms with Crippen molar-refractivity contribution >= 4 is 17.4 Å². The van der Waals surface area contributed by atoms with Gasteiger partial charge in [0.05, 0.1) is 18.3 Å². The molecule has 190 valence electrons. The minimum atomic E-state index is -0.396. The van der Waals surface area contributed by atoms with E-state index in [0.717, 1.165) is 66.4 Å². The first-order chi connectivity index (χ1) is 17.7. The minimum absolute atomic E-state index is 0.108. The molecule has 5 rings (SSSR count). The Hall–Kier alpha value is -2.90. The van der Waals surface area contributed by atoms with Gasteiger partial charge < -0.3 is 19.7 Å². The lowest BCUT2D eigenvalue weighted by Gasteiger charge is -2.22. The summed E-state index contributed by atoms with van der Waals surface area (Å²) in [6.07, 6.45) is 6.19. The Kier molecular flexibility index (Phi) is 8.18. The third kappa shape index (κ3) is 6.26. The predicted molar refractivity (Wildman–Crippen MR) is 143 cm³/mol. The molecule has 3 aromatic rings. The molecule has 0 spiro atoms. The van der Waals surface area contributed by atoms with Gasteiger partial charge in [0.2, 0.25) is 0 Å². The van der Waals surface area contributed by atoms with E-state index in [1.165, 1.54) is 24.3 Å². The van der Waals surface area contributed by atoms with Crippen LogP contribution >= 0.6 is 11.3 Å². The van der Waals surface area contributed by atoms with Crippen molar-refractivity contribution in [3.8, 4) is 16.3 Å². The number of carbonyl (C=O) groups excluding carboxylic acids is 1. The first kappa shape index (κ1) is 24.8. The van der Waals surface area contributed by atoms with Crippen molar-refractivity contribution < 1.29 is 14.3 Å². The molecule has 2 aromatic carbocycles. The van der Waals surface area contributed by atoms with Crippen LogP contribution in [0.15, 0.2) is 54.6 Å². The van der Waals surface area contributed by atoms with Gasteiger partial charge in [0.15, 0.2) is 0 Å². The Bertz CT molecular complexity index is 1130. The summed E-state index contributed by atoms with van der Waals surface area (Å²) in [5.74, 6) is 0.898. The zero-order valence-electron chi connectivity index (χ0n) is 20.9. The van der Waals surface area contributed by atoms with Gasteiger partial charge in [-0.2, -0.15) is 0 Å². The molecule has 0 radical (unpaired) electrons.